The van der Waals surface area contributed by atoms with Crippen LogP contribution in [-0.2, 0) is 11.2 Å². The minimum Gasteiger partial charge on any atom is -0.392 e. The number of likely N-dealkylation sites (N-methyl/N-ethyl adjacent to an activating group) is 1. The van der Waals surface area contributed by atoms with E-state index in [1.807, 2.05) is 19.9 Å². The summed E-state index contributed by atoms with van der Waals surface area (Å²) in [5.41, 5.74) is 2.25. The Morgan fingerprint density at radius 1 is 1.43 bits per heavy atom. The van der Waals surface area contributed by atoms with E-state index in [-0.39, 0.29) is 24.2 Å². The molecule has 0 saturated carbocycles. The van der Waals surface area contributed by atoms with E-state index < -0.39 is 6.10 Å². The van der Waals surface area contributed by atoms with E-state index in [1.165, 1.54) is 0 Å². The number of rotatable bonds is 4. The van der Waals surface area contributed by atoms with Gasteiger partial charge < -0.3 is 15.3 Å². The van der Waals surface area contributed by atoms with Crippen LogP contribution >= 0.6 is 0 Å². The number of carbonyl (C=O) groups is 2. The van der Waals surface area contributed by atoms with Crippen molar-refractivity contribution in [2.45, 2.75) is 32.8 Å². The summed E-state index contributed by atoms with van der Waals surface area (Å²) in [6.45, 7) is 4.45. The first-order valence-corrected chi connectivity index (χ1v) is 7.24. The second-order valence-electron chi connectivity index (χ2n) is 5.91. The molecule has 21 heavy (non-hydrogen) atoms. The van der Waals surface area contributed by atoms with Gasteiger partial charge in [0.25, 0.3) is 5.91 Å². The Balaban J connectivity index is 2.09. The van der Waals surface area contributed by atoms with Gasteiger partial charge in [-0.2, -0.15) is 0 Å². The van der Waals surface area contributed by atoms with Crippen LogP contribution in [0, 0.1) is 5.92 Å². The van der Waals surface area contributed by atoms with Crippen LogP contribution < -0.4 is 5.32 Å². The fraction of sp³-hybridized carbons (Fsp3) is 0.500. The van der Waals surface area contributed by atoms with E-state index in [0.717, 1.165) is 18.5 Å². The van der Waals surface area contributed by atoms with Crippen molar-refractivity contribution in [2.75, 3.05) is 18.9 Å². The number of anilines is 1. The zero-order valence-corrected chi connectivity index (χ0v) is 12.7. The molecule has 0 saturated heterocycles. The molecular formula is C16H22N2O3. The van der Waals surface area contributed by atoms with Gasteiger partial charge in [0.1, 0.15) is 0 Å². The van der Waals surface area contributed by atoms with Crippen molar-refractivity contribution in [1.29, 1.82) is 0 Å². The number of carbonyl (C=O) groups excluding carboxylic acids is 2. The van der Waals surface area contributed by atoms with Crippen molar-refractivity contribution in [1.82, 2.24) is 4.90 Å². The second-order valence-corrected chi connectivity index (χ2v) is 5.91. The van der Waals surface area contributed by atoms with Gasteiger partial charge in [-0.25, -0.2) is 0 Å². The Labute approximate surface area is 125 Å². The highest BCUT2D eigenvalue weighted by Gasteiger charge is 2.22. The summed E-state index contributed by atoms with van der Waals surface area (Å²) in [5, 5.41) is 12.5. The summed E-state index contributed by atoms with van der Waals surface area (Å²) >= 11 is 0. The van der Waals surface area contributed by atoms with Crippen molar-refractivity contribution in [3.63, 3.8) is 0 Å². The molecule has 0 spiro atoms. The van der Waals surface area contributed by atoms with Gasteiger partial charge in [-0.3, -0.25) is 9.59 Å². The van der Waals surface area contributed by atoms with E-state index in [4.69, 9.17) is 0 Å². The van der Waals surface area contributed by atoms with Gasteiger partial charge in [0.2, 0.25) is 5.91 Å². The number of amides is 2. The summed E-state index contributed by atoms with van der Waals surface area (Å²) in [6, 6.07) is 5.40. The molecule has 1 unspecified atom stereocenters. The number of aliphatic hydroxyl groups is 1. The Bertz CT molecular complexity index is 554. The summed E-state index contributed by atoms with van der Waals surface area (Å²) in [4.78, 5) is 25.6. The predicted octanol–water partition coefficient (Wildman–Crippen LogP) is 1.66. The van der Waals surface area contributed by atoms with Crippen LogP contribution in [0.5, 0.6) is 0 Å². The molecule has 114 valence electrons. The molecule has 5 heteroatoms. The number of hydrogen-bond donors (Lipinski definition) is 2. The molecule has 5 nitrogen and oxygen atoms in total. The Kier molecular flexibility index (Phi) is 4.63. The SMILES string of the molecule is CC(C)C(O)CC(=O)Nc1ccc2c(c1)C(=O)N(C)CC2. The number of benzene rings is 1. The monoisotopic (exact) mass is 290 g/mol. The normalized spacial score (nSPS) is 15.9. The topological polar surface area (TPSA) is 69.6 Å². The third-order valence-electron chi connectivity index (χ3n) is 3.85. The van der Waals surface area contributed by atoms with E-state index in [2.05, 4.69) is 5.32 Å². The molecule has 1 aromatic rings. The Morgan fingerprint density at radius 2 is 2.14 bits per heavy atom. The lowest BCUT2D eigenvalue weighted by Crippen LogP contribution is -2.34. The third kappa shape index (κ3) is 3.61. The smallest absolute Gasteiger partial charge is 0.253 e. The number of hydrogen-bond acceptors (Lipinski definition) is 3. The maximum absolute atomic E-state index is 12.1. The molecule has 1 aliphatic rings. The van der Waals surface area contributed by atoms with Gasteiger partial charge in [-0.05, 0) is 30.0 Å². The lowest BCUT2D eigenvalue weighted by molar-refractivity contribution is -0.118. The highest BCUT2D eigenvalue weighted by atomic mass is 16.3. The summed E-state index contributed by atoms with van der Waals surface area (Å²) < 4.78 is 0. The van der Waals surface area contributed by atoms with E-state index in [9.17, 15) is 14.7 Å². The zero-order valence-electron chi connectivity index (χ0n) is 12.7. The lowest BCUT2D eigenvalue weighted by Gasteiger charge is -2.25. The standard InChI is InChI=1S/C16H22N2O3/c1-10(2)14(19)9-15(20)17-12-5-4-11-6-7-18(3)16(21)13(11)8-12/h4-5,8,10,14,19H,6-7,9H2,1-3H3,(H,17,20). The van der Waals surface area contributed by atoms with Crippen LogP contribution in [-0.4, -0.2) is 41.5 Å². The summed E-state index contributed by atoms with van der Waals surface area (Å²) in [6.07, 6.45) is 0.232. The van der Waals surface area contributed by atoms with Crippen LogP contribution in [0.25, 0.3) is 0 Å². The molecule has 2 rings (SSSR count). The summed E-state index contributed by atoms with van der Waals surface area (Å²) in [7, 11) is 1.77. The molecule has 0 aliphatic carbocycles. The van der Waals surface area contributed by atoms with Gasteiger partial charge in [0.05, 0.1) is 12.5 Å². The zero-order chi connectivity index (χ0) is 15.6. The van der Waals surface area contributed by atoms with Crippen LogP contribution in [0.3, 0.4) is 0 Å². The molecule has 1 atom stereocenters. The molecule has 2 N–H and O–H groups in total. The van der Waals surface area contributed by atoms with Gasteiger partial charge in [-0.15, -0.1) is 0 Å². The number of nitrogens with one attached hydrogen (secondary N) is 1. The minimum atomic E-state index is -0.657. The largest absolute Gasteiger partial charge is 0.392 e. The molecule has 0 fully saturated rings. The third-order valence-corrected chi connectivity index (χ3v) is 3.85. The van der Waals surface area contributed by atoms with Crippen molar-refractivity contribution in [3.05, 3.63) is 29.3 Å². The number of aliphatic hydroxyl groups excluding tert-OH is 1. The lowest BCUT2D eigenvalue weighted by atomic mass is 9.98. The molecule has 0 aromatic heterocycles. The molecule has 1 heterocycles. The highest BCUT2D eigenvalue weighted by Crippen LogP contribution is 2.22. The molecule has 0 radical (unpaired) electrons. The van der Waals surface area contributed by atoms with Crippen molar-refractivity contribution >= 4 is 17.5 Å². The second kappa shape index (κ2) is 6.26. The van der Waals surface area contributed by atoms with Gasteiger partial charge in [0.15, 0.2) is 0 Å². The Morgan fingerprint density at radius 3 is 2.81 bits per heavy atom. The molecule has 1 aliphatic heterocycles. The fourth-order valence-electron chi connectivity index (χ4n) is 2.30. The van der Waals surface area contributed by atoms with E-state index in [0.29, 0.717) is 11.3 Å². The van der Waals surface area contributed by atoms with Crippen LogP contribution in [0.15, 0.2) is 18.2 Å². The highest BCUT2D eigenvalue weighted by molar-refractivity contribution is 5.99. The molecule has 0 bridgehead atoms. The van der Waals surface area contributed by atoms with Crippen LogP contribution in [0.4, 0.5) is 5.69 Å². The quantitative estimate of drug-likeness (QED) is 0.886. The summed E-state index contributed by atoms with van der Waals surface area (Å²) in [5.74, 6) is -0.225. The predicted molar refractivity (Wildman–Crippen MR) is 81.2 cm³/mol. The van der Waals surface area contributed by atoms with Gasteiger partial charge in [0, 0.05) is 24.8 Å². The minimum absolute atomic E-state index is 0.0189. The maximum atomic E-state index is 12.1. The van der Waals surface area contributed by atoms with E-state index in [1.54, 1.807) is 24.1 Å². The van der Waals surface area contributed by atoms with E-state index >= 15 is 0 Å². The number of fused-ring (bicyclic) bond motifs is 1. The first kappa shape index (κ1) is 15.5. The fourth-order valence-corrected chi connectivity index (χ4v) is 2.30. The first-order valence-electron chi connectivity index (χ1n) is 7.24. The van der Waals surface area contributed by atoms with Crippen molar-refractivity contribution < 1.29 is 14.7 Å². The Hall–Kier alpha value is -1.88. The maximum Gasteiger partial charge on any atom is 0.253 e. The van der Waals surface area contributed by atoms with Crippen LogP contribution in [0.2, 0.25) is 0 Å². The average molecular weight is 290 g/mol. The van der Waals surface area contributed by atoms with Gasteiger partial charge >= 0.3 is 0 Å². The average Bonchev–Trinajstić information content (AvgIpc) is 2.43. The van der Waals surface area contributed by atoms with Crippen LogP contribution in [0.1, 0.15) is 36.2 Å². The molecular weight excluding hydrogens is 268 g/mol. The first-order chi connectivity index (χ1) is 9.88. The number of nitrogens with zero attached hydrogens (tertiary/aromatic N) is 1. The molecule has 1 aromatic carbocycles. The van der Waals surface area contributed by atoms with Gasteiger partial charge in [-0.1, -0.05) is 19.9 Å². The molecule has 2 amide bonds. The van der Waals surface area contributed by atoms with Crippen molar-refractivity contribution in [3.8, 4) is 0 Å². The van der Waals surface area contributed by atoms with Crippen molar-refractivity contribution in [2.24, 2.45) is 5.92 Å².